The Bertz CT molecular complexity index is 1160. The SMILES string of the molecule is CC(C)c1c(Cc2ccc(-c3cc[nH]c3)cc2C(C)(C)C)ccc(F)c1-c1ccco1. The molecular formula is C28H30FNO. The van der Waals surface area contributed by atoms with Crippen molar-refractivity contribution < 1.29 is 8.81 Å². The van der Waals surface area contributed by atoms with Gasteiger partial charge in [-0.3, -0.25) is 0 Å². The van der Waals surface area contributed by atoms with Gasteiger partial charge in [-0.05, 0) is 75.4 Å². The molecular weight excluding hydrogens is 385 g/mol. The van der Waals surface area contributed by atoms with E-state index in [1.807, 2.05) is 30.6 Å². The molecule has 0 aliphatic carbocycles. The van der Waals surface area contributed by atoms with Gasteiger partial charge < -0.3 is 9.40 Å². The Labute approximate surface area is 184 Å². The van der Waals surface area contributed by atoms with E-state index in [0.29, 0.717) is 11.3 Å². The van der Waals surface area contributed by atoms with Crippen LogP contribution in [0, 0.1) is 5.82 Å². The first kappa shape index (κ1) is 21.2. The lowest BCUT2D eigenvalue weighted by Crippen LogP contribution is -2.15. The fourth-order valence-corrected chi connectivity index (χ4v) is 4.44. The second kappa shape index (κ2) is 8.22. The molecule has 1 N–H and O–H groups in total. The summed E-state index contributed by atoms with van der Waals surface area (Å²) in [5.74, 6) is 0.520. The van der Waals surface area contributed by atoms with E-state index in [4.69, 9.17) is 4.42 Å². The molecule has 160 valence electrons. The molecule has 2 aromatic carbocycles. The third-order valence-electron chi connectivity index (χ3n) is 5.86. The number of nitrogens with one attached hydrogen (secondary N) is 1. The zero-order chi connectivity index (χ0) is 22.2. The van der Waals surface area contributed by atoms with Gasteiger partial charge in [-0.1, -0.05) is 58.9 Å². The van der Waals surface area contributed by atoms with E-state index in [1.165, 1.54) is 22.3 Å². The largest absolute Gasteiger partial charge is 0.464 e. The molecule has 2 nitrogen and oxygen atoms in total. The summed E-state index contributed by atoms with van der Waals surface area (Å²) < 4.78 is 20.5. The highest BCUT2D eigenvalue weighted by molar-refractivity contribution is 5.68. The molecule has 4 rings (SSSR count). The average Bonchev–Trinajstić information content (AvgIpc) is 3.42. The minimum absolute atomic E-state index is 0.0104. The third kappa shape index (κ3) is 4.23. The van der Waals surface area contributed by atoms with E-state index in [-0.39, 0.29) is 17.2 Å². The van der Waals surface area contributed by atoms with Crippen molar-refractivity contribution in [2.75, 3.05) is 0 Å². The summed E-state index contributed by atoms with van der Waals surface area (Å²) in [6.07, 6.45) is 6.32. The van der Waals surface area contributed by atoms with Crippen molar-refractivity contribution in [1.29, 1.82) is 0 Å². The van der Waals surface area contributed by atoms with Crippen LogP contribution in [-0.4, -0.2) is 4.98 Å². The van der Waals surface area contributed by atoms with Gasteiger partial charge in [0.15, 0.2) is 0 Å². The van der Waals surface area contributed by atoms with Crippen molar-refractivity contribution in [2.45, 2.75) is 52.4 Å². The average molecular weight is 416 g/mol. The lowest BCUT2D eigenvalue weighted by atomic mass is 9.79. The summed E-state index contributed by atoms with van der Waals surface area (Å²) in [4.78, 5) is 3.14. The molecule has 0 atom stereocenters. The van der Waals surface area contributed by atoms with Crippen LogP contribution in [0.2, 0.25) is 0 Å². The lowest BCUT2D eigenvalue weighted by molar-refractivity contribution is 0.565. The first-order chi connectivity index (χ1) is 14.8. The van der Waals surface area contributed by atoms with Gasteiger partial charge >= 0.3 is 0 Å². The molecule has 2 heterocycles. The van der Waals surface area contributed by atoms with Gasteiger partial charge in [0.05, 0.1) is 11.8 Å². The second-order valence-electron chi connectivity index (χ2n) is 9.53. The fraction of sp³-hybridized carbons (Fsp3) is 0.286. The lowest BCUT2D eigenvalue weighted by Gasteiger charge is -2.25. The Hall–Kier alpha value is -3.07. The number of halogens is 1. The molecule has 0 bridgehead atoms. The van der Waals surface area contributed by atoms with Crippen LogP contribution in [0.1, 0.15) is 62.8 Å². The monoisotopic (exact) mass is 415 g/mol. The second-order valence-corrected chi connectivity index (χ2v) is 9.53. The number of benzene rings is 2. The van der Waals surface area contributed by atoms with E-state index >= 15 is 0 Å². The molecule has 0 saturated heterocycles. The number of hydrogen-bond acceptors (Lipinski definition) is 1. The predicted octanol–water partition coefficient (Wildman–Crippen LogP) is 8.09. The summed E-state index contributed by atoms with van der Waals surface area (Å²) in [5.41, 5.74) is 7.70. The Kier molecular flexibility index (Phi) is 5.62. The molecule has 0 fully saturated rings. The van der Waals surface area contributed by atoms with Crippen LogP contribution < -0.4 is 0 Å². The Morgan fingerprint density at radius 3 is 2.35 bits per heavy atom. The first-order valence-electron chi connectivity index (χ1n) is 10.9. The van der Waals surface area contributed by atoms with E-state index in [0.717, 1.165) is 17.5 Å². The van der Waals surface area contributed by atoms with Crippen LogP contribution in [0.25, 0.3) is 22.5 Å². The Morgan fingerprint density at radius 2 is 1.74 bits per heavy atom. The van der Waals surface area contributed by atoms with Crippen molar-refractivity contribution in [1.82, 2.24) is 4.98 Å². The molecule has 31 heavy (non-hydrogen) atoms. The minimum atomic E-state index is -0.235. The van der Waals surface area contributed by atoms with Gasteiger partial charge in [0.2, 0.25) is 0 Å². The molecule has 0 spiro atoms. The van der Waals surface area contributed by atoms with Crippen molar-refractivity contribution in [3.8, 4) is 22.5 Å². The fourth-order valence-electron chi connectivity index (χ4n) is 4.44. The molecule has 0 aliphatic heterocycles. The van der Waals surface area contributed by atoms with Crippen LogP contribution in [0.3, 0.4) is 0 Å². The number of aromatic amines is 1. The number of furan rings is 1. The molecule has 0 saturated carbocycles. The van der Waals surface area contributed by atoms with Gasteiger partial charge in [-0.25, -0.2) is 4.39 Å². The standard InChI is InChI=1S/C28H30FNO/c1-18(2)26-21(10-11-24(29)27(26)25-7-6-14-31-25)15-20-9-8-19(22-12-13-30-17-22)16-23(20)28(3,4)5/h6-14,16-18,30H,15H2,1-5H3. The van der Waals surface area contributed by atoms with E-state index in [9.17, 15) is 4.39 Å². The summed E-state index contributed by atoms with van der Waals surface area (Å²) in [7, 11) is 0. The molecule has 0 aliphatic rings. The van der Waals surface area contributed by atoms with Gasteiger partial charge in [0.25, 0.3) is 0 Å². The van der Waals surface area contributed by atoms with E-state index < -0.39 is 0 Å². The number of aromatic nitrogens is 1. The maximum Gasteiger partial charge on any atom is 0.137 e. The zero-order valence-electron chi connectivity index (χ0n) is 18.9. The predicted molar refractivity (Wildman–Crippen MR) is 126 cm³/mol. The topological polar surface area (TPSA) is 28.9 Å². The number of hydrogen-bond donors (Lipinski definition) is 1. The highest BCUT2D eigenvalue weighted by atomic mass is 19.1. The molecule has 2 aromatic heterocycles. The van der Waals surface area contributed by atoms with E-state index in [2.05, 4.69) is 63.9 Å². The summed E-state index contributed by atoms with van der Waals surface area (Å²) in [6.45, 7) is 11.0. The molecule has 0 amide bonds. The summed E-state index contributed by atoms with van der Waals surface area (Å²) in [5, 5.41) is 0. The van der Waals surface area contributed by atoms with Gasteiger partial charge in [0.1, 0.15) is 11.6 Å². The van der Waals surface area contributed by atoms with Crippen molar-refractivity contribution in [2.24, 2.45) is 0 Å². The van der Waals surface area contributed by atoms with Crippen LogP contribution in [0.4, 0.5) is 4.39 Å². The van der Waals surface area contributed by atoms with Crippen molar-refractivity contribution in [3.63, 3.8) is 0 Å². The van der Waals surface area contributed by atoms with Gasteiger partial charge in [-0.15, -0.1) is 0 Å². The quantitative estimate of drug-likeness (QED) is 0.350. The number of H-pyrrole nitrogens is 1. The summed E-state index contributed by atoms with van der Waals surface area (Å²) in [6, 6.07) is 15.9. The van der Waals surface area contributed by atoms with Crippen LogP contribution in [0.5, 0.6) is 0 Å². The Balaban J connectivity index is 1.84. The highest BCUT2D eigenvalue weighted by Gasteiger charge is 2.23. The van der Waals surface area contributed by atoms with Gasteiger partial charge in [-0.2, -0.15) is 0 Å². The van der Waals surface area contributed by atoms with Crippen LogP contribution >= 0.6 is 0 Å². The highest BCUT2D eigenvalue weighted by Crippen LogP contribution is 2.38. The third-order valence-corrected chi connectivity index (χ3v) is 5.86. The van der Waals surface area contributed by atoms with Crippen molar-refractivity contribution in [3.05, 3.63) is 95.3 Å². The Morgan fingerprint density at radius 1 is 0.968 bits per heavy atom. The number of rotatable bonds is 5. The first-order valence-corrected chi connectivity index (χ1v) is 10.9. The summed E-state index contributed by atoms with van der Waals surface area (Å²) >= 11 is 0. The molecule has 0 radical (unpaired) electrons. The maximum atomic E-state index is 14.9. The molecule has 3 heteroatoms. The maximum absolute atomic E-state index is 14.9. The minimum Gasteiger partial charge on any atom is -0.464 e. The van der Waals surface area contributed by atoms with Gasteiger partial charge in [0, 0.05) is 12.4 Å². The normalized spacial score (nSPS) is 12.0. The van der Waals surface area contributed by atoms with Crippen LogP contribution in [0.15, 0.2) is 71.6 Å². The molecule has 0 unspecified atom stereocenters. The van der Waals surface area contributed by atoms with Crippen LogP contribution in [-0.2, 0) is 11.8 Å². The smallest absolute Gasteiger partial charge is 0.137 e. The zero-order valence-corrected chi connectivity index (χ0v) is 18.9. The van der Waals surface area contributed by atoms with Crippen molar-refractivity contribution >= 4 is 0 Å². The molecule has 4 aromatic rings. The van der Waals surface area contributed by atoms with E-state index in [1.54, 1.807) is 12.3 Å².